The Morgan fingerprint density at radius 2 is 2.06 bits per heavy atom. The third-order valence-electron chi connectivity index (χ3n) is 3.11. The Morgan fingerprint density at radius 1 is 1.18 bits per heavy atom. The molecule has 1 heterocycles. The molecule has 0 saturated carbocycles. The van der Waals surface area contributed by atoms with Crippen LogP contribution in [0, 0.1) is 6.92 Å². The minimum Gasteiger partial charge on any atom is -0.347 e. The van der Waals surface area contributed by atoms with Gasteiger partial charge in [0.2, 0.25) is 0 Å². The van der Waals surface area contributed by atoms with Crippen LogP contribution in [-0.4, -0.2) is 17.7 Å². The summed E-state index contributed by atoms with van der Waals surface area (Å²) in [7, 11) is 0. The van der Waals surface area contributed by atoms with Crippen molar-refractivity contribution in [1.82, 2.24) is 9.88 Å². The number of fused-ring (bicyclic) bond motifs is 1. The summed E-state index contributed by atoms with van der Waals surface area (Å²) >= 11 is 0. The molecule has 0 aliphatic heterocycles. The number of aromatic nitrogens is 1. The van der Waals surface area contributed by atoms with Crippen molar-refractivity contribution in [1.29, 1.82) is 0 Å². The van der Waals surface area contributed by atoms with E-state index < -0.39 is 0 Å². The van der Waals surface area contributed by atoms with Crippen LogP contribution in [0.15, 0.2) is 30.5 Å². The van der Waals surface area contributed by atoms with Gasteiger partial charge < -0.3 is 9.88 Å². The quantitative estimate of drug-likeness (QED) is 0.753. The lowest BCUT2D eigenvalue weighted by atomic mass is 10.2. The number of hydrogen-bond acceptors (Lipinski definition) is 1. The van der Waals surface area contributed by atoms with Crippen molar-refractivity contribution in [3.05, 3.63) is 36.0 Å². The van der Waals surface area contributed by atoms with E-state index >= 15 is 0 Å². The molecule has 1 N–H and O–H groups in total. The lowest BCUT2D eigenvalue weighted by Crippen LogP contribution is -2.17. The lowest BCUT2D eigenvalue weighted by Gasteiger charge is -2.06. The third kappa shape index (κ3) is 3.10. The van der Waals surface area contributed by atoms with Gasteiger partial charge in [0.05, 0.1) is 0 Å². The van der Waals surface area contributed by atoms with Gasteiger partial charge in [0, 0.05) is 18.3 Å². The Labute approximate surface area is 104 Å². The smallest absolute Gasteiger partial charge is 0.0480 e. The minimum atomic E-state index is 1.10. The van der Waals surface area contributed by atoms with Crippen LogP contribution in [0.2, 0.25) is 0 Å². The fraction of sp³-hybridized carbons (Fsp3) is 0.467. The maximum atomic E-state index is 3.44. The maximum absolute atomic E-state index is 3.44. The van der Waals surface area contributed by atoms with Crippen molar-refractivity contribution >= 4 is 10.9 Å². The summed E-state index contributed by atoms with van der Waals surface area (Å²) in [5.74, 6) is 0. The maximum Gasteiger partial charge on any atom is 0.0480 e. The highest BCUT2D eigenvalue weighted by atomic mass is 15.0. The van der Waals surface area contributed by atoms with E-state index in [0.717, 1.165) is 19.6 Å². The molecule has 0 saturated heterocycles. The van der Waals surface area contributed by atoms with Crippen molar-refractivity contribution in [3.63, 3.8) is 0 Å². The molecule has 0 spiro atoms. The minimum absolute atomic E-state index is 1.10. The summed E-state index contributed by atoms with van der Waals surface area (Å²) in [5.41, 5.74) is 2.69. The SMILES string of the molecule is CCCNCCCn1ccc2cc(C)ccc21. The largest absolute Gasteiger partial charge is 0.347 e. The summed E-state index contributed by atoms with van der Waals surface area (Å²) in [4.78, 5) is 0. The third-order valence-corrected chi connectivity index (χ3v) is 3.11. The van der Waals surface area contributed by atoms with Gasteiger partial charge in [0.1, 0.15) is 0 Å². The van der Waals surface area contributed by atoms with Crippen molar-refractivity contribution in [2.45, 2.75) is 33.2 Å². The molecule has 1 aromatic heterocycles. The highest BCUT2D eigenvalue weighted by molar-refractivity contribution is 5.80. The molecule has 2 rings (SSSR count). The Morgan fingerprint density at radius 3 is 2.88 bits per heavy atom. The number of nitrogens with one attached hydrogen (secondary N) is 1. The molecule has 92 valence electrons. The monoisotopic (exact) mass is 230 g/mol. The zero-order chi connectivity index (χ0) is 12.1. The summed E-state index contributed by atoms with van der Waals surface area (Å²) in [6, 6.07) is 8.88. The topological polar surface area (TPSA) is 17.0 Å². The summed E-state index contributed by atoms with van der Waals surface area (Å²) in [6.07, 6.45) is 4.60. The van der Waals surface area contributed by atoms with Gasteiger partial charge in [-0.05, 0) is 56.4 Å². The molecule has 17 heavy (non-hydrogen) atoms. The fourth-order valence-electron chi connectivity index (χ4n) is 2.19. The van der Waals surface area contributed by atoms with Crippen LogP contribution in [-0.2, 0) is 6.54 Å². The van der Waals surface area contributed by atoms with Crippen molar-refractivity contribution in [3.8, 4) is 0 Å². The molecule has 0 radical (unpaired) electrons. The van der Waals surface area contributed by atoms with E-state index in [2.05, 4.69) is 54.2 Å². The highest BCUT2D eigenvalue weighted by Gasteiger charge is 2.00. The molecular formula is C15H22N2. The van der Waals surface area contributed by atoms with Crippen LogP contribution in [0.4, 0.5) is 0 Å². The van der Waals surface area contributed by atoms with Crippen molar-refractivity contribution in [2.24, 2.45) is 0 Å². The second-order valence-electron chi connectivity index (χ2n) is 4.67. The van der Waals surface area contributed by atoms with Crippen molar-refractivity contribution < 1.29 is 0 Å². The second kappa shape index (κ2) is 5.87. The first-order valence-corrected chi connectivity index (χ1v) is 6.57. The predicted molar refractivity (Wildman–Crippen MR) is 74.5 cm³/mol. The first kappa shape index (κ1) is 12.2. The zero-order valence-corrected chi connectivity index (χ0v) is 10.9. The summed E-state index contributed by atoms with van der Waals surface area (Å²) in [5, 5.41) is 4.79. The molecule has 2 aromatic rings. The van der Waals surface area contributed by atoms with Crippen LogP contribution in [0.5, 0.6) is 0 Å². The highest BCUT2D eigenvalue weighted by Crippen LogP contribution is 2.17. The molecule has 2 nitrogen and oxygen atoms in total. The number of aryl methyl sites for hydroxylation is 2. The average Bonchev–Trinajstić information content (AvgIpc) is 2.71. The molecule has 0 aliphatic carbocycles. The van der Waals surface area contributed by atoms with Crippen LogP contribution in [0.1, 0.15) is 25.3 Å². The van der Waals surface area contributed by atoms with Crippen LogP contribution in [0.3, 0.4) is 0 Å². The molecular weight excluding hydrogens is 208 g/mol. The van der Waals surface area contributed by atoms with E-state index in [-0.39, 0.29) is 0 Å². The van der Waals surface area contributed by atoms with E-state index in [4.69, 9.17) is 0 Å². The fourth-order valence-corrected chi connectivity index (χ4v) is 2.19. The summed E-state index contributed by atoms with van der Waals surface area (Å²) in [6.45, 7) is 7.69. The Balaban J connectivity index is 1.95. The van der Waals surface area contributed by atoms with Crippen LogP contribution in [0.25, 0.3) is 10.9 Å². The standard InChI is InChI=1S/C15H22N2/c1-3-8-16-9-4-10-17-11-7-14-12-13(2)5-6-15(14)17/h5-7,11-12,16H,3-4,8-10H2,1-2H3. The molecule has 0 unspecified atom stereocenters. The molecule has 0 fully saturated rings. The van der Waals surface area contributed by atoms with E-state index in [0.29, 0.717) is 0 Å². The van der Waals surface area contributed by atoms with Gasteiger partial charge in [-0.2, -0.15) is 0 Å². The first-order chi connectivity index (χ1) is 8.31. The van der Waals surface area contributed by atoms with Gasteiger partial charge in [-0.1, -0.05) is 18.6 Å². The summed E-state index contributed by atoms with van der Waals surface area (Å²) < 4.78 is 2.35. The van der Waals surface area contributed by atoms with Gasteiger partial charge in [0.15, 0.2) is 0 Å². The molecule has 2 heteroatoms. The van der Waals surface area contributed by atoms with E-state index in [1.54, 1.807) is 0 Å². The van der Waals surface area contributed by atoms with Gasteiger partial charge in [-0.25, -0.2) is 0 Å². The van der Waals surface area contributed by atoms with Gasteiger partial charge in [-0.3, -0.25) is 0 Å². The first-order valence-electron chi connectivity index (χ1n) is 6.57. The zero-order valence-electron chi connectivity index (χ0n) is 10.9. The normalized spacial score (nSPS) is 11.2. The van der Waals surface area contributed by atoms with Gasteiger partial charge in [0.25, 0.3) is 0 Å². The second-order valence-corrected chi connectivity index (χ2v) is 4.67. The van der Waals surface area contributed by atoms with E-state index in [1.165, 1.54) is 29.3 Å². The van der Waals surface area contributed by atoms with E-state index in [9.17, 15) is 0 Å². The Hall–Kier alpha value is -1.28. The van der Waals surface area contributed by atoms with Gasteiger partial charge in [-0.15, -0.1) is 0 Å². The molecule has 0 amide bonds. The molecule has 0 aliphatic rings. The number of benzene rings is 1. The molecule has 0 atom stereocenters. The number of nitrogens with zero attached hydrogens (tertiary/aromatic N) is 1. The molecule has 0 bridgehead atoms. The van der Waals surface area contributed by atoms with E-state index in [1.807, 2.05) is 0 Å². The Bertz CT molecular complexity index is 471. The number of rotatable bonds is 6. The predicted octanol–water partition coefficient (Wildman–Crippen LogP) is 3.34. The Kier molecular flexibility index (Phi) is 4.21. The van der Waals surface area contributed by atoms with Crippen LogP contribution >= 0.6 is 0 Å². The van der Waals surface area contributed by atoms with Gasteiger partial charge >= 0.3 is 0 Å². The molecule has 1 aromatic carbocycles. The van der Waals surface area contributed by atoms with Crippen molar-refractivity contribution in [2.75, 3.05) is 13.1 Å². The number of hydrogen-bond donors (Lipinski definition) is 1. The van der Waals surface area contributed by atoms with Crippen LogP contribution < -0.4 is 5.32 Å². The average molecular weight is 230 g/mol. The lowest BCUT2D eigenvalue weighted by molar-refractivity contribution is 0.587.